The van der Waals surface area contributed by atoms with Crippen molar-refractivity contribution in [3.05, 3.63) is 70.2 Å². The minimum Gasteiger partial charge on any atom is -0.478 e. The van der Waals surface area contributed by atoms with E-state index in [1.165, 1.54) is 0 Å². The fourth-order valence-corrected chi connectivity index (χ4v) is 2.86. The van der Waals surface area contributed by atoms with Crippen molar-refractivity contribution in [2.75, 3.05) is 19.7 Å². The Morgan fingerprint density at radius 1 is 1.17 bits per heavy atom. The van der Waals surface area contributed by atoms with Gasteiger partial charge in [0.25, 0.3) is 0 Å². The molecule has 0 bridgehead atoms. The summed E-state index contributed by atoms with van der Waals surface area (Å²) in [4.78, 5) is 13.2. The average Bonchev–Trinajstić information content (AvgIpc) is 2.56. The van der Waals surface area contributed by atoms with Gasteiger partial charge in [-0.15, -0.1) is 0 Å². The molecular weight excluding hydrogens is 314 g/mol. The first-order valence-corrected chi connectivity index (χ1v) is 7.91. The summed E-state index contributed by atoms with van der Waals surface area (Å²) in [5.41, 5.74) is 2.54. The monoisotopic (exact) mass is 331 g/mol. The third-order valence-electron chi connectivity index (χ3n) is 4.00. The van der Waals surface area contributed by atoms with Gasteiger partial charge in [0.2, 0.25) is 0 Å². The number of halogens is 1. The summed E-state index contributed by atoms with van der Waals surface area (Å²) in [6.45, 7) is 3.14. The molecule has 0 spiro atoms. The SMILES string of the molecule is O=C(O)c1ccc(CN2CCO[C@@H](c3ccc(Cl)cc3)C2)cc1. The Labute approximate surface area is 140 Å². The molecule has 3 rings (SSSR count). The van der Waals surface area contributed by atoms with Gasteiger partial charge in [-0.1, -0.05) is 35.9 Å². The van der Waals surface area contributed by atoms with E-state index in [4.69, 9.17) is 21.4 Å². The lowest BCUT2D eigenvalue weighted by Gasteiger charge is -2.33. The molecule has 120 valence electrons. The summed E-state index contributed by atoms with van der Waals surface area (Å²) in [5.74, 6) is -0.897. The molecule has 0 amide bonds. The number of benzene rings is 2. The van der Waals surface area contributed by atoms with Gasteiger partial charge in [-0.05, 0) is 35.4 Å². The van der Waals surface area contributed by atoms with Crippen molar-refractivity contribution in [2.45, 2.75) is 12.6 Å². The molecule has 1 N–H and O–H groups in total. The van der Waals surface area contributed by atoms with Crippen molar-refractivity contribution in [3.63, 3.8) is 0 Å². The maximum absolute atomic E-state index is 10.9. The molecule has 0 aliphatic carbocycles. The maximum atomic E-state index is 10.9. The topological polar surface area (TPSA) is 49.8 Å². The molecule has 0 saturated carbocycles. The number of hydrogen-bond donors (Lipinski definition) is 1. The molecule has 1 aliphatic rings. The molecule has 1 saturated heterocycles. The molecule has 1 heterocycles. The second-order valence-electron chi connectivity index (χ2n) is 5.65. The first-order valence-electron chi connectivity index (χ1n) is 7.53. The van der Waals surface area contributed by atoms with Gasteiger partial charge in [-0.2, -0.15) is 0 Å². The van der Waals surface area contributed by atoms with Crippen LogP contribution >= 0.6 is 11.6 Å². The number of rotatable bonds is 4. The molecule has 4 nitrogen and oxygen atoms in total. The molecule has 2 aromatic carbocycles. The van der Waals surface area contributed by atoms with Crippen LogP contribution in [0.2, 0.25) is 5.02 Å². The Balaban J connectivity index is 1.64. The summed E-state index contributed by atoms with van der Waals surface area (Å²) >= 11 is 5.93. The quantitative estimate of drug-likeness (QED) is 0.929. The number of carboxylic acids is 1. The van der Waals surface area contributed by atoms with Gasteiger partial charge in [0, 0.05) is 24.7 Å². The number of morpholine rings is 1. The Morgan fingerprint density at radius 3 is 2.52 bits per heavy atom. The Bertz CT molecular complexity index is 670. The highest BCUT2D eigenvalue weighted by atomic mass is 35.5. The Morgan fingerprint density at radius 2 is 1.87 bits per heavy atom. The van der Waals surface area contributed by atoms with Crippen LogP contribution in [0, 0.1) is 0 Å². The van der Waals surface area contributed by atoms with E-state index in [0.717, 1.165) is 35.8 Å². The fraction of sp³-hybridized carbons (Fsp3) is 0.278. The van der Waals surface area contributed by atoms with Gasteiger partial charge in [-0.3, -0.25) is 4.90 Å². The van der Waals surface area contributed by atoms with E-state index in [0.29, 0.717) is 12.2 Å². The summed E-state index contributed by atoms with van der Waals surface area (Å²) in [5, 5.41) is 9.66. The van der Waals surface area contributed by atoms with E-state index in [1.807, 2.05) is 36.4 Å². The van der Waals surface area contributed by atoms with Crippen LogP contribution in [0.3, 0.4) is 0 Å². The zero-order valence-corrected chi connectivity index (χ0v) is 13.4. The van der Waals surface area contributed by atoms with Crippen molar-refractivity contribution < 1.29 is 14.6 Å². The molecule has 1 atom stereocenters. The van der Waals surface area contributed by atoms with Crippen LogP contribution < -0.4 is 0 Å². The van der Waals surface area contributed by atoms with Crippen LogP contribution in [0.5, 0.6) is 0 Å². The molecule has 5 heteroatoms. The lowest BCUT2D eigenvalue weighted by atomic mass is 10.1. The second kappa shape index (κ2) is 7.13. The van der Waals surface area contributed by atoms with Crippen molar-refractivity contribution in [3.8, 4) is 0 Å². The van der Waals surface area contributed by atoms with Gasteiger partial charge in [0.1, 0.15) is 0 Å². The summed E-state index contributed by atoms with van der Waals surface area (Å²) in [7, 11) is 0. The van der Waals surface area contributed by atoms with Crippen molar-refractivity contribution in [2.24, 2.45) is 0 Å². The third-order valence-corrected chi connectivity index (χ3v) is 4.25. The summed E-state index contributed by atoms with van der Waals surface area (Å²) in [6, 6.07) is 14.8. The van der Waals surface area contributed by atoms with Crippen molar-refractivity contribution in [1.29, 1.82) is 0 Å². The van der Waals surface area contributed by atoms with E-state index < -0.39 is 5.97 Å². The number of carboxylic acid groups (broad SMARTS) is 1. The van der Waals surface area contributed by atoms with Crippen LogP contribution in [-0.2, 0) is 11.3 Å². The molecule has 2 aromatic rings. The van der Waals surface area contributed by atoms with Gasteiger partial charge in [0.05, 0.1) is 18.3 Å². The smallest absolute Gasteiger partial charge is 0.335 e. The van der Waals surface area contributed by atoms with Crippen LogP contribution in [0.1, 0.15) is 27.6 Å². The van der Waals surface area contributed by atoms with Gasteiger partial charge < -0.3 is 9.84 Å². The van der Waals surface area contributed by atoms with Crippen molar-refractivity contribution in [1.82, 2.24) is 4.90 Å². The molecule has 0 radical (unpaired) electrons. The predicted octanol–water partition coefficient (Wildman–Crippen LogP) is 3.61. The van der Waals surface area contributed by atoms with Crippen LogP contribution in [0.25, 0.3) is 0 Å². The minimum absolute atomic E-state index is 0.0410. The highest BCUT2D eigenvalue weighted by molar-refractivity contribution is 6.30. The number of aromatic carboxylic acids is 1. The van der Waals surface area contributed by atoms with E-state index in [-0.39, 0.29) is 6.10 Å². The average molecular weight is 332 g/mol. The predicted molar refractivity (Wildman–Crippen MR) is 88.8 cm³/mol. The van der Waals surface area contributed by atoms with Crippen molar-refractivity contribution >= 4 is 17.6 Å². The molecule has 23 heavy (non-hydrogen) atoms. The standard InChI is InChI=1S/C18H18ClNO3/c19-16-7-5-14(6-8-16)17-12-20(9-10-23-17)11-13-1-3-15(4-2-13)18(21)22/h1-8,17H,9-12H2,(H,21,22)/t17-/m1/s1. The van der Waals surface area contributed by atoms with Crippen LogP contribution in [0.15, 0.2) is 48.5 Å². The maximum Gasteiger partial charge on any atom is 0.335 e. The number of nitrogens with zero attached hydrogens (tertiary/aromatic N) is 1. The summed E-state index contributed by atoms with van der Waals surface area (Å²) < 4.78 is 5.86. The highest BCUT2D eigenvalue weighted by Crippen LogP contribution is 2.24. The number of carbonyl (C=O) groups is 1. The molecule has 0 unspecified atom stereocenters. The second-order valence-corrected chi connectivity index (χ2v) is 6.08. The lowest BCUT2D eigenvalue weighted by molar-refractivity contribution is -0.0329. The molecule has 1 fully saturated rings. The summed E-state index contributed by atoms with van der Waals surface area (Å²) in [6.07, 6.45) is 0.0410. The third kappa shape index (κ3) is 4.10. The molecule has 1 aliphatic heterocycles. The zero-order valence-electron chi connectivity index (χ0n) is 12.6. The fourth-order valence-electron chi connectivity index (χ4n) is 2.74. The van der Waals surface area contributed by atoms with Gasteiger partial charge in [0.15, 0.2) is 0 Å². The normalized spacial score (nSPS) is 18.7. The number of hydrogen-bond acceptors (Lipinski definition) is 3. The molecule has 0 aromatic heterocycles. The highest BCUT2D eigenvalue weighted by Gasteiger charge is 2.22. The largest absolute Gasteiger partial charge is 0.478 e. The van der Waals surface area contributed by atoms with Crippen LogP contribution in [-0.4, -0.2) is 35.7 Å². The van der Waals surface area contributed by atoms with E-state index in [9.17, 15) is 4.79 Å². The van der Waals surface area contributed by atoms with E-state index in [1.54, 1.807) is 12.1 Å². The van der Waals surface area contributed by atoms with E-state index in [2.05, 4.69) is 4.90 Å². The van der Waals surface area contributed by atoms with Crippen LogP contribution in [0.4, 0.5) is 0 Å². The Hall–Kier alpha value is -1.88. The van der Waals surface area contributed by atoms with Gasteiger partial charge in [-0.25, -0.2) is 4.79 Å². The lowest BCUT2D eigenvalue weighted by Crippen LogP contribution is -2.37. The first-order chi connectivity index (χ1) is 11.1. The van der Waals surface area contributed by atoms with Gasteiger partial charge >= 0.3 is 5.97 Å². The van der Waals surface area contributed by atoms with E-state index >= 15 is 0 Å². The number of ether oxygens (including phenoxy) is 1. The molecular formula is C18H18ClNO3. The Kier molecular flexibility index (Phi) is 4.96. The minimum atomic E-state index is -0.897. The first kappa shape index (κ1) is 16.0. The zero-order chi connectivity index (χ0) is 16.2.